The van der Waals surface area contributed by atoms with Crippen LogP contribution in [0.4, 0.5) is 8.78 Å². The van der Waals surface area contributed by atoms with E-state index in [1.807, 2.05) is 6.92 Å². The molecule has 1 saturated carbocycles. The van der Waals surface area contributed by atoms with Crippen LogP contribution in [-0.4, -0.2) is 6.54 Å². The van der Waals surface area contributed by atoms with E-state index in [4.69, 9.17) is 0 Å². The Hall–Kier alpha value is -0.960. The highest BCUT2D eigenvalue weighted by Crippen LogP contribution is 2.57. The Morgan fingerprint density at radius 3 is 2.59 bits per heavy atom. The average Bonchev–Trinajstić information content (AvgIpc) is 2.89. The molecule has 2 unspecified atom stereocenters. The molecular weight excluding hydrogens is 220 g/mol. The standard InChI is InChI=1S/C14H19F2N/c1-4-17-13(10-8-14(10,2)3)9-6-5-7-11(15)12(9)16/h5-7,10,13,17H,4,8H2,1-3H3. The van der Waals surface area contributed by atoms with E-state index in [1.165, 1.54) is 6.07 Å². The number of rotatable bonds is 4. The third kappa shape index (κ3) is 2.34. The van der Waals surface area contributed by atoms with Crippen LogP contribution in [0, 0.1) is 23.0 Å². The van der Waals surface area contributed by atoms with Gasteiger partial charge in [-0.05, 0) is 30.4 Å². The topological polar surface area (TPSA) is 12.0 Å². The second-order valence-electron chi connectivity index (χ2n) is 5.48. The van der Waals surface area contributed by atoms with Gasteiger partial charge in [0.25, 0.3) is 0 Å². The third-order valence-corrected chi connectivity index (χ3v) is 3.73. The van der Waals surface area contributed by atoms with Crippen LogP contribution in [0.3, 0.4) is 0 Å². The van der Waals surface area contributed by atoms with Gasteiger partial charge in [0.1, 0.15) is 0 Å². The Bertz CT molecular complexity index is 415. The lowest BCUT2D eigenvalue weighted by atomic mass is 9.96. The summed E-state index contributed by atoms with van der Waals surface area (Å²) in [4.78, 5) is 0. The van der Waals surface area contributed by atoms with Crippen LogP contribution in [0.2, 0.25) is 0 Å². The van der Waals surface area contributed by atoms with E-state index in [-0.39, 0.29) is 11.5 Å². The van der Waals surface area contributed by atoms with Crippen molar-refractivity contribution in [3.05, 3.63) is 35.4 Å². The summed E-state index contributed by atoms with van der Waals surface area (Å²) in [5.41, 5.74) is 0.688. The molecule has 0 bridgehead atoms. The minimum atomic E-state index is -0.760. The van der Waals surface area contributed by atoms with Gasteiger partial charge in [0.2, 0.25) is 0 Å². The molecule has 0 amide bonds. The molecule has 1 aromatic carbocycles. The molecule has 17 heavy (non-hydrogen) atoms. The number of hydrogen-bond donors (Lipinski definition) is 1. The lowest BCUT2D eigenvalue weighted by Gasteiger charge is -2.20. The fourth-order valence-electron chi connectivity index (χ4n) is 2.53. The van der Waals surface area contributed by atoms with E-state index in [9.17, 15) is 8.78 Å². The van der Waals surface area contributed by atoms with Crippen LogP contribution in [0.25, 0.3) is 0 Å². The van der Waals surface area contributed by atoms with Crippen LogP contribution in [0.15, 0.2) is 18.2 Å². The molecule has 1 aliphatic carbocycles. The van der Waals surface area contributed by atoms with Gasteiger partial charge < -0.3 is 5.32 Å². The molecular formula is C14H19F2N. The van der Waals surface area contributed by atoms with Gasteiger partial charge in [-0.1, -0.05) is 32.9 Å². The maximum atomic E-state index is 13.8. The number of nitrogens with one attached hydrogen (secondary N) is 1. The largest absolute Gasteiger partial charge is 0.310 e. The van der Waals surface area contributed by atoms with Crippen molar-refractivity contribution in [3.63, 3.8) is 0 Å². The van der Waals surface area contributed by atoms with Gasteiger partial charge in [-0.3, -0.25) is 0 Å². The normalized spacial score (nSPS) is 23.5. The molecule has 1 aliphatic rings. The Kier molecular flexibility index (Phi) is 3.21. The highest BCUT2D eigenvalue weighted by atomic mass is 19.2. The molecule has 1 nitrogen and oxygen atoms in total. The first kappa shape index (κ1) is 12.5. The quantitative estimate of drug-likeness (QED) is 0.845. The average molecular weight is 239 g/mol. The molecule has 1 aromatic rings. The van der Waals surface area contributed by atoms with E-state index in [1.54, 1.807) is 12.1 Å². The lowest BCUT2D eigenvalue weighted by Crippen LogP contribution is -2.25. The van der Waals surface area contributed by atoms with Gasteiger partial charge in [0.15, 0.2) is 11.6 Å². The molecule has 0 spiro atoms. The van der Waals surface area contributed by atoms with Crippen LogP contribution in [0.5, 0.6) is 0 Å². The van der Waals surface area contributed by atoms with Crippen molar-refractivity contribution in [2.24, 2.45) is 11.3 Å². The van der Waals surface area contributed by atoms with Gasteiger partial charge in [-0.15, -0.1) is 0 Å². The molecule has 1 N–H and O–H groups in total. The highest BCUT2D eigenvalue weighted by molar-refractivity contribution is 5.26. The molecule has 0 heterocycles. The summed E-state index contributed by atoms with van der Waals surface area (Å²) in [6.07, 6.45) is 1.06. The monoisotopic (exact) mass is 239 g/mol. The molecule has 1 fully saturated rings. The third-order valence-electron chi connectivity index (χ3n) is 3.73. The van der Waals surface area contributed by atoms with E-state index in [0.29, 0.717) is 11.5 Å². The SMILES string of the molecule is CCNC(c1cccc(F)c1F)C1CC1(C)C. The number of halogens is 2. The Labute approximate surface area is 101 Å². The van der Waals surface area contributed by atoms with Crippen LogP contribution in [0.1, 0.15) is 38.8 Å². The first-order valence-electron chi connectivity index (χ1n) is 6.14. The fraction of sp³-hybridized carbons (Fsp3) is 0.571. The molecule has 2 rings (SSSR count). The summed E-state index contributed by atoms with van der Waals surface area (Å²) in [6.45, 7) is 7.07. The lowest BCUT2D eigenvalue weighted by molar-refractivity contribution is 0.399. The highest BCUT2D eigenvalue weighted by Gasteiger charge is 2.50. The molecule has 94 valence electrons. The van der Waals surface area contributed by atoms with Crippen LogP contribution in [-0.2, 0) is 0 Å². The molecule has 0 saturated heterocycles. The van der Waals surface area contributed by atoms with Crippen LogP contribution < -0.4 is 5.32 Å². The number of hydrogen-bond acceptors (Lipinski definition) is 1. The van der Waals surface area contributed by atoms with Crippen molar-refractivity contribution >= 4 is 0 Å². The zero-order valence-electron chi connectivity index (χ0n) is 10.6. The summed E-state index contributed by atoms with van der Waals surface area (Å²) in [7, 11) is 0. The predicted octanol–water partition coefficient (Wildman–Crippen LogP) is 3.66. The summed E-state index contributed by atoms with van der Waals surface area (Å²) < 4.78 is 27.1. The zero-order valence-corrected chi connectivity index (χ0v) is 10.6. The Balaban J connectivity index is 2.30. The van der Waals surface area contributed by atoms with Crippen molar-refractivity contribution in [3.8, 4) is 0 Å². The van der Waals surface area contributed by atoms with Gasteiger partial charge in [-0.25, -0.2) is 8.78 Å². The van der Waals surface area contributed by atoms with Crippen molar-refractivity contribution in [1.82, 2.24) is 5.32 Å². The van der Waals surface area contributed by atoms with Gasteiger partial charge >= 0.3 is 0 Å². The summed E-state index contributed by atoms with van der Waals surface area (Å²) in [5, 5.41) is 3.28. The predicted molar refractivity (Wildman–Crippen MR) is 64.7 cm³/mol. The summed E-state index contributed by atoms with van der Waals surface area (Å²) in [6, 6.07) is 4.35. The zero-order chi connectivity index (χ0) is 12.6. The van der Waals surface area contributed by atoms with E-state index >= 15 is 0 Å². The van der Waals surface area contributed by atoms with Gasteiger partial charge in [0.05, 0.1) is 0 Å². The summed E-state index contributed by atoms with van der Waals surface area (Å²) >= 11 is 0. The summed E-state index contributed by atoms with van der Waals surface area (Å²) in [5.74, 6) is -1.08. The smallest absolute Gasteiger partial charge is 0.163 e. The molecule has 0 radical (unpaired) electrons. The van der Waals surface area contributed by atoms with E-state index in [2.05, 4.69) is 19.2 Å². The van der Waals surface area contributed by atoms with E-state index < -0.39 is 11.6 Å². The second-order valence-corrected chi connectivity index (χ2v) is 5.48. The second kappa shape index (κ2) is 4.37. The first-order chi connectivity index (χ1) is 7.97. The number of benzene rings is 1. The Morgan fingerprint density at radius 2 is 2.06 bits per heavy atom. The minimum Gasteiger partial charge on any atom is -0.310 e. The molecule has 2 atom stereocenters. The van der Waals surface area contributed by atoms with Crippen molar-refractivity contribution in [2.45, 2.75) is 33.2 Å². The maximum absolute atomic E-state index is 13.8. The van der Waals surface area contributed by atoms with Gasteiger partial charge in [0, 0.05) is 11.6 Å². The fourth-order valence-corrected chi connectivity index (χ4v) is 2.53. The minimum absolute atomic E-state index is 0.0781. The maximum Gasteiger partial charge on any atom is 0.163 e. The first-order valence-corrected chi connectivity index (χ1v) is 6.14. The molecule has 0 aromatic heterocycles. The van der Waals surface area contributed by atoms with Crippen LogP contribution >= 0.6 is 0 Å². The van der Waals surface area contributed by atoms with Crippen molar-refractivity contribution < 1.29 is 8.78 Å². The van der Waals surface area contributed by atoms with Crippen molar-refractivity contribution in [1.29, 1.82) is 0 Å². The van der Waals surface area contributed by atoms with Crippen molar-refractivity contribution in [2.75, 3.05) is 6.54 Å². The Morgan fingerprint density at radius 1 is 1.41 bits per heavy atom. The van der Waals surface area contributed by atoms with E-state index in [0.717, 1.165) is 13.0 Å². The molecule has 3 heteroatoms. The van der Waals surface area contributed by atoms with Gasteiger partial charge in [-0.2, -0.15) is 0 Å². The molecule has 0 aliphatic heterocycles.